The average Bonchev–Trinajstić information content (AvgIpc) is 2.84. The monoisotopic (exact) mass is 543 g/mol. The molecule has 2 unspecified atom stereocenters. The molecular formula is C30H57NO5S. The van der Waals surface area contributed by atoms with E-state index in [1.54, 1.807) is 6.08 Å². The Morgan fingerprint density at radius 2 is 1.16 bits per heavy atom. The Kier molecular flexibility index (Phi) is 24.3. The zero-order valence-corrected chi connectivity index (χ0v) is 24.7. The van der Waals surface area contributed by atoms with Crippen molar-refractivity contribution in [3.63, 3.8) is 0 Å². The van der Waals surface area contributed by atoms with E-state index >= 15 is 0 Å². The van der Waals surface area contributed by atoms with Gasteiger partial charge in [-0.3, -0.25) is 9.35 Å². The Morgan fingerprint density at radius 3 is 1.70 bits per heavy atom. The molecule has 0 heterocycles. The number of carbonyl (C=O) groups is 1. The van der Waals surface area contributed by atoms with Crippen LogP contribution in [-0.2, 0) is 14.9 Å². The second-order valence-corrected chi connectivity index (χ2v) is 11.9. The maximum absolute atomic E-state index is 12.3. The van der Waals surface area contributed by atoms with E-state index in [4.69, 9.17) is 0 Å². The predicted octanol–water partition coefficient (Wildman–Crippen LogP) is 7.67. The van der Waals surface area contributed by atoms with E-state index < -0.39 is 28.0 Å². The van der Waals surface area contributed by atoms with Gasteiger partial charge >= 0.3 is 0 Å². The summed E-state index contributed by atoms with van der Waals surface area (Å²) in [6, 6.07) is -1.06. The lowest BCUT2D eigenvalue weighted by Gasteiger charge is -2.21. The molecular weight excluding hydrogens is 486 g/mol. The lowest BCUT2D eigenvalue weighted by Crippen LogP contribution is -2.46. The fraction of sp³-hybridized carbons (Fsp3) is 0.833. The van der Waals surface area contributed by atoms with Gasteiger partial charge in [0.1, 0.15) is 0 Å². The molecule has 0 radical (unpaired) electrons. The van der Waals surface area contributed by atoms with Crippen molar-refractivity contribution >= 4 is 16.0 Å². The molecule has 0 rings (SSSR count). The number of hydrogen-bond donors (Lipinski definition) is 3. The van der Waals surface area contributed by atoms with Crippen LogP contribution in [0, 0.1) is 0 Å². The van der Waals surface area contributed by atoms with Gasteiger partial charge in [-0.05, 0) is 32.1 Å². The van der Waals surface area contributed by atoms with Gasteiger partial charge in [-0.15, -0.1) is 0 Å². The van der Waals surface area contributed by atoms with Crippen LogP contribution in [0.5, 0.6) is 0 Å². The van der Waals surface area contributed by atoms with Gasteiger partial charge in [0.15, 0.2) is 0 Å². The molecule has 0 aromatic heterocycles. The molecule has 6 nitrogen and oxygen atoms in total. The lowest BCUT2D eigenvalue weighted by molar-refractivity contribution is -0.122. The molecule has 0 aromatic carbocycles. The number of aliphatic hydroxyl groups excluding tert-OH is 1. The highest BCUT2D eigenvalue weighted by Gasteiger charge is 2.24. The van der Waals surface area contributed by atoms with Crippen molar-refractivity contribution in [1.82, 2.24) is 5.32 Å². The lowest BCUT2D eigenvalue weighted by atomic mass is 10.0. The third-order valence-corrected chi connectivity index (χ3v) is 7.41. The number of rotatable bonds is 26. The Labute approximate surface area is 228 Å². The summed E-state index contributed by atoms with van der Waals surface area (Å²) in [7, 11) is -4.33. The van der Waals surface area contributed by atoms with E-state index in [9.17, 15) is 22.9 Å². The highest BCUT2D eigenvalue weighted by molar-refractivity contribution is 7.85. The fourth-order valence-electron chi connectivity index (χ4n) is 4.34. The van der Waals surface area contributed by atoms with Gasteiger partial charge in [0.05, 0.1) is 17.9 Å². The van der Waals surface area contributed by atoms with E-state index in [-0.39, 0.29) is 5.91 Å². The summed E-state index contributed by atoms with van der Waals surface area (Å²) in [4.78, 5) is 12.3. The first-order valence-corrected chi connectivity index (χ1v) is 16.6. The van der Waals surface area contributed by atoms with Crippen molar-refractivity contribution in [3.05, 3.63) is 24.3 Å². The first-order chi connectivity index (χ1) is 17.8. The minimum atomic E-state index is -4.33. The van der Waals surface area contributed by atoms with E-state index in [0.717, 1.165) is 32.1 Å². The van der Waals surface area contributed by atoms with Crippen molar-refractivity contribution in [1.29, 1.82) is 0 Å². The third kappa shape index (κ3) is 26.2. The molecule has 7 heteroatoms. The molecule has 0 bridgehead atoms. The number of carbonyl (C=O) groups excluding carboxylic acids is 1. The van der Waals surface area contributed by atoms with Crippen molar-refractivity contribution in [2.75, 3.05) is 5.75 Å². The van der Waals surface area contributed by atoms with Gasteiger partial charge in [-0.25, -0.2) is 0 Å². The summed E-state index contributed by atoms with van der Waals surface area (Å²) in [5.74, 6) is -1.00. The Morgan fingerprint density at radius 1 is 0.703 bits per heavy atom. The van der Waals surface area contributed by atoms with Crippen molar-refractivity contribution in [2.45, 2.75) is 154 Å². The molecule has 2 atom stereocenters. The van der Waals surface area contributed by atoms with Crippen LogP contribution in [0.4, 0.5) is 0 Å². The highest BCUT2D eigenvalue weighted by atomic mass is 32.2. The van der Waals surface area contributed by atoms with E-state index in [2.05, 4.69) is 31.3 Å². The first-order valence-electron chi connectivity index (χ1n) is 15.0. The van der Waals surface area contributed by atoms with Crippen LogP contribution < -0.4 is 5.32 Å². The largest absolute Gasteiger partial charge is 0.387 e. The molecule has 0 saturated carbocycles. The summed E-state index contributed by atoms with van der Waals surface area (Å²) in [5, 5.41) is 13.0. The molecule has 0 aliphatic carbocycles. The topological polar surface area (TPSA) is 104 Å². The summed E-state index contributed by atoms with van der Waals surface area (Å²) < 4.78 is 32.0. The van der Waals surface area contributed by atoms with E-state index in [0.29, 0.717) is 12.8 Å². The second kappa shape index (κ2) is 25.1. The SMILES string of the molecule is CCCCC/C=C/CC/C=C/C(O)C(CS(=O)(=O)O)NC(=O)CCCCCCCCCCCCCCC. The van der Waals surface area contributed by atoms with Crippen molar-refractivity contribution < 1.29 is 22.9 Å². The quantitative estimate of drug-likeness (QED) is 0.0590. The zero-order valence-electron chi connectivity index (χ0n) is 23.8. The molecule has 0 aliphatic rings. The third-order valence-electron chi connectivity index (χ3n) is 6.63. The molecule has 1 amide bonds. The summed E-state index contributed by atoms with van der Waals surface area (Å²) in [6.45, 7) is 4.42. The molecule has 0 aromatic rings. The molecule has 0 fully saturated rings. The van der Waals surface area contributed by atoms with Gasteiger partial charge in [-0.2, -0.15) is 8.42 Å². The Balaban J connectivity index is 4.10. The molecule has 0 saturated heterocycles. The summed E-state index contributed by atoms with van der Waals surface area (Å²) in [5.41, 5.74) is 0. The number of hydrogen-bond acceptors (Lipinski definition) is 4. The Bertz CT molecular complexity index is 690. The van der Waals surface area contributed by atoms with Crippen molar-refractivity contribution in [3.8, 4) is 0 Å². The molecule has 218 valence electrons. The molecule has 0 aliphatic heterocycles. The minimum absolute atomic E-state index is 0.291. The predicted molar refractivity (Wildman–Crippen MR) is 156 cm³/mol. The van der Waals surface area contributed by atoms with E-state index in [1.807, 2.05) is 0 Å². The number of amides is 1. The number of nitrogens with one attached hydrogen (secondary N) is 1. The highest BCUT2D eigenvalue weighted by Crippen LogP contribution is 2.13. The van der Waals surface area contributed by atoms with Crippen LogP contribution in [-0.4, -0.2) is 41.9 Å². The van der Waals surface area contributed by atoms with Gasteiger partial charge in [-0.1, -0.05) is 128 Å². The van der Waals surface area contributed by atoms with Gasteiger partial charge < -0.3 is 10.4 Å². The number of unbranched alkanes of at least 4 members (excludes halogenated alkanes) is 16. The normalized spacial score (nSPS) is 13.9. The summed E-state index contributed by atoms with van der Waals surface area (Å²) in [6.07, 6.45) is 28.8. The van der Waals surface area contributed by atoms with Crippen molar-refractivity contribution in [2.24, 2.45) is 0 Å². The zero-order chi connectivity index (χ0) is 27.6. The fourth-order valence-corrected chi connectivity index (χ4v) is 5.08. The number of allylic oxidation sites excluding steroid dienone is 3. The van der Waals surface area contributed by atoms with Crippen LogP contribution in [0.25, 0.3) is 0 Å². The average molecular weight is 544 g/mol. The van der Waals surface area contributed by atoms with Crippen LogP contribution in [0.1, 0.15) is 142 Å². The van der Waals surface area contributed by atoms with E-state index in [1.165, 1.54) is 89.5 Å². The number of aliphatic hydroxyl groups is 1. The second-order valence-electron chi connectivity index (χ2n) is 10.4. The van der Waals surface area contributed by atoms with Gasteiger partial charge in [0.2, 0.25) is 5.91 Å². The van der Waals surface area contributed by atoms with Crippen LogP contribution in [0.15, 0.2) is 24.3 Å². The maximum Gasteiger partial charge on any atom is 0.267 e. The van der Waals surface area contributed by atoms with Gasteiger partial charge in [0.25, 0.3) is 10.1 Å². The van der Waals surface area contributed by atoms with Crippen LogP contribution >= 0.6 is 0 Å². The molecule has 0 spiro atoms. The first kappa shape index (κ1) is 35.8. The molecule has 3 N–H and O–H groups in total. The minimum Gasteiger partial charge on any atom is -0.387 e. The standard InChI is InChI=1S/C30H57NO5S/c1-3-5-7-9-11-13-14-15-16-18-20-22-24-26-30(33)31-28(27-37(34,35)36)29(32)25-23-21-19-17-12-10-8-6-4-2/h12,17,23,25,28-29,32H,3-11,13-16,18-22,24,26-27H2,1-2H3,(H,31,33)(H,34,35,36)/b17-12+,25-23+. The smallest absolute Gasteiger partial charge is 0.267 e. The Hall–Kier alpha value is -1.18. The molecule has 37 heavy (non-hydrogen) atoms. The summed E-state index contributed by atoms with van der Waals surface area (Å²) >= 11 is 0. The maximum atomic E-state index is 12.3. The van der Waals surface area contributed by atoms with Crippen LogP contribution in [0.2, 0.25) is 0 Å². The van der Waals surface area contributed by atoms with Crippen LogP contribution in [0.3, 0.4) is 0 Å². The van der Waals surface area contributed by atoms with Gasteiger partial charge in [0, 0.05) is 6.42 Å².